The maximum Gasteiger partial charge on any atom is 0.170 e. The van der Waals surface area contributed by atoms with E-state index in [1.165, 1.54) is 0 Å². The highest BCUT2D eigenvalue weighted by atomic mass is 16.7. The third-order valence-electron chi connectivity index (χ3n) is 4.53. The molecule has 5 nitrogen and oxygen atoms in total. The maximum atomic E-state index is 5.91. The SMILES string of the molecule is CCNC1CCC2(CC1N(C)CCCOC)OCCO2. The summed E-state index contributed by atoms with van der Waals surface area (Å²) in [4.78, 5) is 2.44. The fourth-order valence-electron chi connectivity index (χ4n) is 3.48. The number of nitrogens with one attached hydrogen (secondary N) is 1. The molecule has 0 bridgehead atoms. The Kier molecular flexibility index (Phi) is 6.23. The number of likely N-dealkylation sites (N-methyl/N-ethyl adjacent to an activating group) is 2. The Labute approximate surface area is 122 Å². The lowest BCUT2D eigenvalue weighted by Gasteiger charge is -2.45. The smallest absolute Gasteiger partial charge is 0.170 e. The van der Waals surface area contributed by atoms with Gasteiger partial charge >= 0.3 is 0 Å². The van der Waals surface area contributed by atoms with Crippen LogP contribution in [0.25, 0.3) is 0 Å². The molecule has 1 heterocycles. The molecule has 2 rings (SSSR count). The second-order valence-electron chi connectivity index (χ2n) is 5.91. The van der Waals surface area contributed by atoms with Crippen LogP contribution >= 0.6 is 0 Å². The van der Waals surface area contributed by atoms with Crippen LogP contribution in [0.3, 0.4) is 0 Å². The molecule has 0 aromatic heterocycles. The van der Waals surface area contributed by atoms with Crippen molar-refractivity contribution in [3.63, 3.8) is 0 Å². The minimum absolute atomic E-state index is 0.313. The average molecular weight is 286 g/mol. The van der Waals surface area contributed by atoms with Crippen LogP contribution in [0, 0.1) is 0 Å². The summed E-state index contributed by atoms with van der Waals surface area (Å²) < 4.78 is 17.0. The molecule has 2 fully saturated rings. The zero-order chi connectivity index (χ0) is 14.4. The predicted octanol–water partition coefficient (Wildman–Crippen LogP) is 1.23. The molecule has 0 radical (unpaired) electrons. The number of hydrogen-bond acceptors (Lipinski definition) is 5. The largest absolute Gasteiger partial charge is 0.385 e. The minimum Gasteiger partial charge on any atom is -0.385 e. The first-order valence-corrected chi connectivity index (χ1v) is 7.91. The number of rotatable bonds is 7. The van der Waals surface area contributed by atoms with Gasteiger partial charge in [0.1, 0.15) is 0 Å². The van der Waals surface area contributed by atoms with Gasteiger partial charge in [0.05, 0.1) is 13.2 Å². The van der Waals surface area contributed by atoms with Gasteiger partial charge in [0.2, 0.25) is 0 Å². The predicted molar refractivity (Wildman–Crippen MR) is 78.9 cm³/mol. The van der Waals surface area contributed by atoms with Gasteiger partial charge in [0.25, 0.3) is 0 Å². The van der Waals surface area contributed by atoms with Crippen LogP contribution in [0.2, 0.25) is 0 Å². The molecule has 2 aliphatic rings. The van der Waals surface area contributed by atoms with Gasteiger partial charge in [-0.25, -0.2) is 0 Å². The van der Waals surface area contributed by atoms with Crippen LogP contribution in [0.1, 0.15) is 32.6 Å². The van der Waals surface area contributed by atoms with Crippen LogP contribution in [0.15, 0.2) is 0 Å². The van der Waals surface area contributed by atoms with E-state index >= 15 is 0 Å². The highest BCUT2D eigenvalue weighted by Gasteiger charge is 2.45. The number of ether oxygens (including phenoxy) is 3. The molecular weight excluding hydrogens is 256 g/mol. The number of nitrogens with zero attached hydrogens (tertiary/aromatic N) is 1. The van der Waals surface area contributed by atoms with Crippen molar-refractivity contribution < 1.29 is 14.2 Å². The van der Waals surface area contributed by atoms with Gasteiger partial charge in [-0.2, -0.15) is 0 Å². The van der Waals surface area contributed by atoms with Crippen molar-refractivity contribution in [3.05, 3.63) is 0 Å². The fraction of sp³-hybridized carbons (Fsp3) is 1.00. The molecule has 0 amide bonds. The average Bonchev–Trinajstić information content (AvgIpc) is 2.90. The Morgan fingerprint density at radius 2 is 2.10 bits per heavy atom. The lowest BCUT2D eigenvalue weighted by atomic mass is 9.84. The van der Waals surface area contributed by atoms with E-state index in [0.29, 0.717) is 12.1 Å². The highest BCUT2D eigenvalue weighted by Crippen LogP contribution is 2.37. The molecule has 1 N–H and O–H groups in total. The fourth-order valence-corrected chi connectivity index (χ4v) is 3.48. The van der Waals surface area contributed by atoms with Crippen LogP contribution in [-0.4, -0.2) is 69.8 Å². The molecule has 1 aliphatic heterocycles. The van der Waals surface area contributed by atoms with E-state index in [1.807, 2.05) is 0 Å². The van der Waals surface area contributed by atoms with Crippen molar-refractivity contribution in [2.45, 2.75) is 50.5 Å². The van der Waals surface area contributed by atoms with Crippen molar-refractivity contribution in [3.8, 4) is 0 Å². The minimum atomic E-state index is -0.313. The van der Waals surface area contributed by atoms with Crippen molar-refractivity contribution in [2.24, 2.45) is 0 Å². The lowest BCUT2D eigenvalue weighted by Crippen LogP contribution is -2.57. The van der Waals surface area contributed by atoms with E-state index in [1.54, 1.807) is 7.11 Å². The molecule has 1 spiro atoms. The summed E-state index contributed by atoms with van der Waals surface area (Å²) >= 11 is 0. The number of methoxy groups -OCH3 is 1. The standard InChI is InChI=1S/C15H30N2O3/c1-4-16-13-6-7-15(19-10-11-20-15)12-14(13)17(2)8-5-9-18-3/h13-14,16H,4-12H2,1-3H3. The molecule has 1 saturated carbocycles. The van der Waals surface area contributed by atoms with Crippen molar-refractivity contribution in [1.29, 1.82) is 0 Å². The summed E-state index contributed by atoms with van der Waals surface area (Å²) in [5.74, 6) is -0.313. The molecule has 2 unspecified atom stereocenters. The van der Waals surface area contributed by atoms with Crippen molar-refractivity contribution in [2.75, 3.05) is 47.1 Å². The summed E-state index contributed by atoms with van der Waals surface area (Å²) in [6, 6.07) is 1.00. The van der Waals surface area contributed by atoms with Gasteiger partial charge in [0.15, 0.2) is 5.79 Å². The van der Waals surface area contributed by atoms with Gasteiger partial charge in [-0.15, -0.1) is 0 Å². The zero-order valence-electron chi connectivity index (χ0n) is 13.2. The van der Waals surface area contributed by atoms with Gasteiger partial charge in [-0.05, 0) is 26.4 Å². The Morgan fingerprint density at radius 1 is 1.35 bits per heavy atom. The number of hydrogen-bond donors (Lipinski definition) is 1. The molecule has 0 aromatic rings. The van der Waals surface area contributed by atoms with Gasteiger partial charge < -0.3 is 24.4 Å². The van der Waals surface area contributed by atoms with Crippen molar-refractivity contribution >= 4 is 0 Å². The first-order valence-electron chi connectivity index (χ1n) is 7.91. The Balaban J connectivity index is 1.94. The summed E-state index contributed by atoms with van der Waals surface area (Å²) in [7, 11) is 3.97. The Hall–Kier alpha value is -0.200. The van der Waals surface area contributed by atoms with E-state index in [-0.39, 0.29) is 5.79 Å². The normalized spacial score (nSPS) is 29.4. The molecule has 2 atom stereocenters. The molecular formula is C15H30N2O3. The lowest BCUT2D eigenvalue weighted by molar-refractivity contribution is -0.192. The van der Waals surface area contributed by atoms with Gasteiger partial charge in [-0.3, -0.25) is 0 Å². The summed E-state index contributed by atoms with van der Waals surface area (Å²) in [6.45, 7) is 6.55. The van der Waals surface area contributed by atoms with Crippen LogP contribution < -0.4 is 5.32 Å². The molecule has 1 aliphatic carbocycles. The van der Waals surface area contributed by atoms with E-state index in [9.17, 15) is 0 Å². The second-order valence-corrected chi connectivity index (χ2v) is 5.91. The molecule has 5 heteroatoms. The van der Waals surface area contributed by atoms with Crippen LogP contribution in [0.5, 0.6) is 0 Å². The van der Waals surface area contributed by atoms with E-state index in [0.717, 1.165) is 58.6 Å². The van der Waals surface area contributed by atoms with Crippen LogP contribution in [0.4, 0.5) is 0 Å². The molecule has 20 heavy (non-hydrogen) atoms. The molecule has 118 valence electrons. The molecule has 1 saturated heterocycles. The topological polar surface area (TPSA) is 43.0 Å². The van der Waals surface area contributed by atoms with Gasteiger partial charge in [-0.1, -0.05) is 6.92 Å². The Bertz CT molecular complexity index is 282. The summed E-state index contributed by atoms with van der Waals surface area (Å²) in [6.07, 6.45) is 4.16. The van der Waals surface area contributed by atoms with Crippen molar-refractivity contribution in [1.82, 2.24) is 10.2 Å². The van der Waals surface area contributed by atoms with E-state index in [2.05, 4.69) is 24.2 Å². The van der Waals surface area contributed by atoms with Crippen LogP contribution in [-0.2, 0) is 14.2 Å². The quantitative estimate of drug-likeness (QED) is 0.713. The second kappa shape index (κ2) is 7.71. The first-order chi connectivity index (χ1) is 9.71. The van der Waals surface area contributed by atoms with E-state index in [4.69, 9.17) is 14.2 Å². The first kappa shape index (κ1) is 16.2. The maximum absolute atomic E-state index is 5.91. The van der Waals surface area contributed by atoms with Gasteiger partial charge in [0, 0.05) is 45.2 Å². The summed E-state index contributed by atoms with van der Waals surface area (Å²) in [5.41, 5.74) is 0. The highest BCUT2D eigenvalue weighted by molar-refractivity contribution is 4.95. The Morgan fingerprint density at radius 3 is 2.75 bits per heavy atom. The monoisotopic (exact) mass is 286 g/mol. The zero-order valence-corrected chi connectivity index (χ0v) is 13.2. The molecule has 0 aromatic carbocycles. The third kappa shape index (κ3) is 3.92. The summed E-state index contributed by atoms with van der Waals surface area (Å²) in [5, 5.41) is 3.63. The third-order valence-corrected chi connectivity index (χ3v) is 4.53. The van der Waals surface area contributed by atoms with E-state index < -0.39 is 0 Å².